The van der Waals surface area contributed by atoms with Crippen LogP contribution < -0.4 is 0 Å². The highest BCUT2D eigenvalue weighted by atomic mass is 15.1. The zero-order valence-electron chi connectivity index (χ0n) is 44.1. The normalized spacial score (nSPS) is 12.4. The summed E-state index contributed by atoms with van der Waals surface area (Å²) in [5.74, 6) is 3.40. The fourth-order valence-electron chi connectivity index (χ4n) is 9.75. The lowest BCUT2D eigenvalue weighted by molar-refractivity contribution is 0.590. The molecule has 73 heavy (non-hydrogen) atoms. The maximum Gasteiger partial charge on any atom is 0.166 e. The van der Waals surface area contributed by atoms with E-state index in [1.54, 1.807) is 0 Å². The van der Waals surface area contributed by atoms with Crippen LogP contribution in [-0.4, -0.2) is 34.5 Å². The van der Waals surface area contributed by atoms with Gasteiger partial charge in [-0.05, 0) is 86.4 Å². The van der Waals surface area contributed by atoms with Crippen molar-refractivity contribution in [2.45, 2.75) is 105 Å². The Hall–Kier alpha value is -8.15. The van der Waals surface area contributed by atoms with E-state index < -0.39 is 0 Å². The zero-order valence-corrected chi connectivity index (χ0v) is 44.1. The molecule has 3 aromatic heterocycles. The van der Waals surface area contributed by atoms with Gasteiger partial charge >= 0.3 is 0 Å². The monoisotopic (exact) mass is 955 g/mol. The number of benzene rings is 7. The number of para-hydroxylation sites is 1. The summed E-state index contributed by atoms with van der Waals surface area (Å²) in [6.45, 7) is 26.6. The van der Waals surface area contributed by atoms with Crippen LogP contribution in [0.25, 0.3) is 95.8 Å². The number of rotatable bonds is 7. The third-order valence-electron chi connectivity index (χ3n) is 13.8. The fourth-order valence-corrected chi connectivity index (χ4v) is 9.75. The van der Waals surface area contributed by atoms with Gasteiger partial charge in [0, 0.05) is 44.2 Å². The molecule has 0 spiro atoms. The van der Waals surface area contributed by atoms with Crippen molar-refractivity contribution in [2.24, 2.45) is 0 Å². The Morgan fingerprint density at radius 1 is 0.356 bits per heavy atom. The standard InChI is InChI=1S/C65H62N8/c1-62(2,3)44-31-26-41(27-32-44)56-67-57(42-28-33-45(34-29-42)63(4,5)6)69-61(68-56)50-37-40(39-66)25-35-55(50)73-53-24-18-15-19-46(53)49-38-43(30-36-54(49)73)58-70-59(47-20-13-16-22-51(47)64(7,8)9)72-60(71-58)48-21-14-17-23-52(48)65(10,11)12/h13-38H,1-12H3. The zero-order chi connectivity index (χ0) is 51.6. The van der Waals surface area contributed by atoms with Crippen molar-refractivity contribution >= 4 is 21.8 Å². The van der Waals surface area contributed by atoms with Gasteiger partial charge in [-0.3, -0.25) is 0 Å². The van der Waals surface area contributed by atoms with Crippen molar-refractivity contribution in [3.05, 3.63) is 186 Å². The Balaban J connectivity index is 1.19. The molecule has 362 valence electrons. The van der Waals surface area contributed by atoms with Gasteiger partial charge in [0.1, 0.15) is 0 Å². The minimum atomic E-state index is -0.155. The van der Waals surface area contributed by atoms with Gasteiger partial charge in [0.25, 0.3) is 0 Å². The smallest absolute Gasteiger partial charge is 0.166 e. The van der Waals surface area contributed by atoms with E-state index in [-0.39, 0.29) is 21.7 Å². The first-order valence-electron chi connectivity index (χ1n) is 25.2. The number of hydrogen-bond donors (Lipinski definition) is 0. The molecule has 0 unspecified atom stereocenters. The van der Waals surface area contributed by atoms with Crippen LogP contribution in [0.3, 0.4) is 0 Å². The van der Waals surface area contributed by atoms with Crippen LogP contribution in [0.15, 0.2) is 158 Å². The van der Waals surface area contributed by atoms with Crippen molar-refractivity contribution in [1.82, 2.24) is 34.5 Å². The van der Waals surface area contributed by atoms with E-state index in [1.807, 2.05) is 18.2 Å². The van der Waals surface area contributed by atoms with Crippen LogP contribution in [0.1, 0.15) is 111 Å². The molecule has 10 aromatic rings. The lowest BCUT2D eigenvalue weighted by atomic mass is 9.83. The van der Waals surface area contributed by atoms with Crippen LogP contribution in [0.5, 0.6) is 0 Å². The Morgan fingerprint density at radius 2 is 0.767 bits per heavy atom. The molecule has 0 N–H and O–H groups in total. The van der Waals surface area contributed by atoms with Crippen molar-refractivity contribution < 1.29 is 0 Å². The summed E-state index contributed by atoms with van der Waals surface area (Å²) < 4.78 is 2.26. The second kappa shape index (κ2) is 18.2. The number of nitrogens with zero attached hydrogens (tertiary/aromatic N) is 8. The first kappa shape index (κ1) is 48.5. The van der Waals surface area contributed by atoms with Crippen molar-refractivity contribution in [3.8, 4) is 80.1 Å². The molecule has 10 rings (SSSR count). The molecule has 8 heteroatoms. The van der Waals surface area contributed by atoms with Crippen LogP contribution >= 0.6 is 0 Å². The van der Waals surface area contributed by atoms with Gasteiger partial charge in [-0.25, -0.2) is 29.9 Å². The van der Waals surface area contributed by atoms with Crippen LogP contribution in [0, 0.1) is 11.3 Å². The van der Waals surface area contributed by atoms with E-state index >= 15 is 0 Å². The second-order valence-electron chi connectivity index (χ2n) is 23.3. The van der Waals surface area contributed by atoms with Gasteiger partial charge in [-0.2, -0.15) is 5.26 Å². The van der Waals surface area contributed by atoms with E-state index in [9.17, 15) is 5.26 Å². The molecule has 0 saturated heterocycles. The Kier molecular flexibility index (Phi) is 12.1. The number of nitriles is 1. The largest absolute Gasteiger partial charge is 0.308 e. The summed E-state index contributed by atoms with van der Waals surface area (Å²) in [6.07, 6.45) is 0. The van der Waals surface area contributed by atoms with Crippen molar-refractivity contribution in [3.63, 3.8) is 0 Å². The molecule has 0 aliphatic heterocycles. The molecule has 0 saturated carbocycles. The van der Waals surface area contributed by atoms with Gasteiger partial charge in [0.05, 0.1) is 28.4 Å². The number of hydrogen-bond acceptors (Lipinski definition) is 7. The predicted octanol–water partition coefficient (Wildman–Crippen LogP) is 16.2. The number of fused-ring (bicyclic) bond motifs is 3. The maximum absolute atomic E-state index is 10.4. The van der Waals surface area contributed by atoms with Gasteiger partial charge in [-0.1, -0.05) is 198 Å². The summed E-state index contributed by atoms with van der Waals surface area (Å²) in [7, 11) is 0. The van der Waals surface area contributed by atoms with Crippen molar-refractivity contribution in [1.29, 1.82) is 5.26 Å². The fraction of sp³-hybridized carbons (Fsp3) is 0.246. The van der Waals surface area contributed by atoms with Crippen LogP contribution in [-0.2, 0) is 21.7 Å². The minimum Gasteiger partial charge on any atom is -0.308 e. The molecule has 0 fully saturated rings. The highest BCUT2D eigenvalue weighted by molar-refractivity contribution is 6.11. The van der Waals surface area contributed by atoms with Gasteiger partial charge in [0.15, 0.2) is 34.9 Å². The first-order chi connectivity index (χ1) is 34.7. The third kappa shape index (κ3) is 9.44. The summed E-state index contributed by atoms with van der Waals surface area (Å²) in [4.78, 5) is 31.5. The molecule has 0 aliphatic carbocycles. The lowest BCUT2D eigenvalue weighted by Crippen LogP contribution is -2.15. The Bertz CT molecular complexity index is 3620. The quantitative estimate of drug-likeness (QED) is 0.157. The summed E-state index contributed by atoms with van der Waals surface area (Å²) >= 11 is 0. The topological polar surface area (TPSA) is 106 Å². The molecular weight excluding hydrogens is 893 g/mol. The average molecular weight is 955 g/mol. The molecule has 3 heterocycles. The van der Waals surface area contributed by atoms with E-state index in [4.69, 9.17) is 29.9 Å². The molecule has 0 aliphatic rings. The van der Waals surface area contributed by atoms with E-state index in [2.05, 4.69) is 233 Å². The summed E-state index contributed by atoms with van der Waals surface area (Å²) in [6, 6.07) is 56.9. The molecule has 0 atom stereocenters. The minimum absolute atomic E-state index is 0.0215. The highest BCUT2D eigenvalue weighted by Gasteiger charge is 2.26. The van der Waals surface area contributed by atoms with E-state index in [1.165, 1.54) is 11.1 Å². The van der Waals surface area contributed by atoms with E-state index in [0.717, 1.165) is 66.4 Å². The molecular formula is C65H62N8. The van der Waals surface area contributed by atoms with E-state index in [0.29, 0.717) is 46.1 Å². The summed E-state index contributed by atoms with van der Waals surface area (Å²) in [5.41, 5.74) is 13.0. The Labute approximate surface area is 430 Å². The van der Waals surface area contributed by atoms with Gasteiger partial charge in [-0.15, -0.1) is 0 Å². The second-order valence-corrected chi connectivity index (χ2v) is 23.3. The summed E-state index contributed by atoms with van der Waals surface area (Å²) in [5, 5.41) is 12.5. The maximum atomic E-state index is 10.4. The van der Waals surface area contributed by atoms with Crippen molar-refractivity contribution in [2.75, 3.05) is 0 Å². The van der Waals surface area contributed by atoms with Gasteiger partial charge < -0.3 is 4.57 Å². The highest BCUT2D eigenvalue weighted by Crippen LogP contribution is 2.41. The van der Waals surface area contributed by atoms with Crippen LogP contribution in [0.2, 0.25) is 0 Å². The molecule has 0 radical (unpaired) electrons. The third-order valence-corrected chi connectivity index (χ3v) is 13.8. The average Bonchev–Trinajstić information content (AvgIpc) is 3.70. The molecule has 0 bridgehead atoms. The van der Waals surface area contributed by atoms with Gasteiger partial charge in [0.2, 0.25) is 0 Å². The van der Waals surface area contributed by atoms with Crippen LogP contribution in [0.4, 0.5) is 0 Å². The molecule has 0 amide bonds. The molecule has 8 nitrogen and oxygen atoms in total. The Morgan fingerprint density at radius 3 is 1.26 bits per heavy atom. The predicted molar refractivity (Wildman–Crippen MR) is 300 cm³/mol. The SMILES string of the molecule is CC(C)(C)c1ccc(-c2nc(-c3ccc(C(C)(C)C)cc3)nc(-c3cc(C#N)ccc3-n3c4ccccc4c4cc(-c5nc(-c6ccccc6C(C)(C)C)nc(-c6ccccc6C(C)(C)C)n5)ccc43)n2)cc1. The lowest BCUT2D eigenvalue weighted by Gasteiger charge is -2.24. The first-order valence-corrected chi connectivity index (χ1v) is 25.2. The molecule has 7 aromatic carbocycles. The number of aromatic nitrogens is 7.